The molecule has 2 bridgehead atoms. The number of cyclic esters (lactones) is 1. The number of ketones is 1. The van der Waals surface area contributed by atoms with Crippen LogP contribution in [0.2, 0.25) is 0 Å². The number of hydrogen-bond donors (Lipinski definition) is 2. The molecule has 50 heavy (non-hydrogen) atoms. The third-order valence-corrected chi connectivity index (χ3v) is 12.0. The van der Waals surface area contributed by atoms with Crippen molar-refractivity contribution in [2.24, 2.45) is 29.6 Å². The Morgan fingerprint density at radius 3 is 2.44 bits per heavy atom. The lowest BCUT2D eigenvalue weighted by molar-refractivity contribution is -0.284. The van der Waals surface area contributed by atoms with Crippen molar-refractivity contribution >= 4 is 17.7 Å². The molecule has 3 aliphatic heterocycles. The zero-order valence-electron chi connectivity index (χ0n) is 31.6. The Balaban J connectivity index is 1.61. The second-order valence-electron chi connectivity index (χ2n) is 16.1. The first-order valence-corrected chi connectivity index (χ1v) is 19.4. The minimum atomic E-state index is -1.66. The van der Waals surface area contributed by atoms with E-state index in [2.05, 4.69) is 19.9 Å². The molecule has 1 saturated carbocycles. The zero-order chi connectivity index (χ0) is 36.4. The van der Waals surface area contributed by atoms with Crippen molar-refractivity contribution < 1.29 is 38.8 Å². The van der Waals surface area contributed by atoms with Crippen LogP contribution in [-0.2, 0) is 28.6 Å². The van der Waals surface area contributed by atoms with Gasteiger partial charge in [-0.2, -0.15) is 0 Å². The fourth-order valence-electron chi connectivity index (χ4n) is 8.45. The second-order valence-corrected chi connectivity index (χ2v) is 16.1. The summed E-state index contributed by atoms with van der Waals surface area (Å²) in [5.74, 6) is -2.32. The van der Waals surface area contributed by atoms with Gasteiger partial charge in [-0.25, -0.2) is 4.79 Å². The standard InChI is InChI=1S/C41H65NO8/c1-27-12-8-7-9-13-28(2)37(48-6)24-34-20-15-31(5)41(47,50-34)26-39(45)42-21-11-10-14-35(42)40(46)49-38(25-36(44)29(3)22-27)30(4)23-32-16-18-33(43)19-17-32/h7-9,12-13,27,29-35,37-38,43,47H,10-11,14-26H2,1-6H3/b9-7-,12-8-,28-13-/t27-,29-,30-,31-,32?,33?,34+,35+,37+,38?,41+/m1/s1. The van der Waals surface area contributed by atoms with Gasteiger partial charge in [0.1, 0.15) is 17.9 Å². The van der Waals surface area contributed by atoms with Gasteiger partial charge < -0.3 is 29.3 Å². The van der Waals surface area contributed by atoms with Crippen LogP contribution in [0.1, 0.15) is 125 Å². The van der Waals surface area contributed by atoms with Gasteiger partial charge in [-0.3, -0.25) is 9.59 Å². The number of hydrogen-bond acceptors (Lipinski definition) is 8. The van der Waals surface area contributed by atoms with Gasteiger partial charge in [0.2, 0.25) is 5.91 Å². The highest BCUT2D eigenvalue weighted by atomic mass is 16.6. The summed E-state index contributed by atoms with van der Waals surface area (Å²) in [5.41, 5.74) is 1.03. The molecule has 0 aromatic rings. The maximum absolute atomic E-state index is 14.0. The number of aliphatic hydroxyl groups excluding tert-OH is 1. The SMILES string of the molecule is CO[C@H]1C[C@@H]2CC[C@@H](C)[C@](O)(CC(=O)N3CCCC[C@H]3C(=O)OC([C@H](C)CC3CCC(O)CC3)CC(=O)[C@H](C)C[C@H](C)\C=C/C=C\C=C/1C)O2. The van der Waals surface area contributed by atoms with E-state index in [1.807, 2.05) is 45.1 Å². The van der Waals surface area contributed by atoms with Crippen LogP contribution in [-0.4, -0.2) is 82.7 Å². The number of esters is 1. The average Bonchev–Trinajstić information content (AvgIpc) is 3.08. The molecule has 1 aliphatic carbocycles. The van der Waals surface area contributed by atoms with E-state index in [-0.39, 0.29) is 66.5 Å². The molecule has 3 heterocycles. The first-order chi connectivity index (χ1) is 23.8. The van der Waals surface area contributed by atoms with Gasteiger partial charge in [-0.1, -0.05) is 58.1 Å². The number of nitrogens with zero attached hydrogens (tertiary/aromatic N) is 1. The lowest BCUT2D eigenvalue weighted by Crippen LogP contribution is -2.55. The molecule has 9 heteroatoms. The molecule has 2 saturated heterocycles. The van der Waals surface area contributed by atoms with E-state index < -0.39 is 23.9 Å². The van der Waals surface area contributed by atoms with Gasteiger partial charge in [-0.05, 0) is 101 Å². The van der Waals surface area contributed by atoms with Crippen LogP contribution in [0.25, 0.3) is 0 Å². The molecule has 3 fully saturated rings. The fourth-order valence-corrected chi connectivity index (χ4v) is 8.45. The Morgan fingerprint density at radius 2 is 1.72 bits per heavy atom. The van der Waals surface area contributed by atoms with Crippen LogP contribution in [0.4, 0.5) is 0 Å². The van der Waals surface area contributed by atoms with E-state index in [1.165, 1.54) is 0 Å². The number of aliphatic hydroxyl groups is 2. The Hall–Kier alpha value is -2.33. The molecule has 0 spiro atoms. The maximum atomic E-state index is 14.0. The van der Waals surface area contributed by atoms with E-state index >= 15 is 0 Å². The highest BCUT2D eigenvalue weighted by Crippen LogP contribution is 2.38. The molecule has 2 N–H and O–H groups in total. The normalized spacial score (nSPS) is 40.5. The average molecular weight is 700 g/mol. The van der Waals surface area contributed by atoms with Crippen LogP contribution in [0.5, 0.6) is 0 Å². The number of amides is 1. The summed E-state index contributed by atoms with van der Waals surface area (Å²) in [7, 11) is 1.67. The summed E-state index contributed by atoms with van der Waals surface area (Å²) < 4.78 is 18.4. The Morgan fingerprint density at radius 1 is 0.980 bits per heavy atom. The Kier molecular flexibility index (Phi) is 15.3. The summed E-state index contributed by atoms with van der Waals surface area (Å²) in [6.07, 6.45) is 17.6. The number of allylic oxidation sites excluding steroid dienone is 5. The van der Waals surface area contributed by atoms with Crippen LogP contribution >= 0.6 is 0 Å². The Bertz CT molecular complexity index is 1220. The number of methoxy groups -OCH3 is 1. The van der Waals surface area contributed by atoms with Crippen molar-refractivity contribution in [1.29, 1.82) is 0 Å². The molecule has 282 valence electrons. The van der Waals surface area contributed by atoms with E-state index in [0.29, 0.717) is 38.1 Å². The second kappa shape index (κ2) is 19.0. The molecule has 1 amide bonds. The summed E-state index contributed by atoms with van der Waals surface area (Å²) in [6, 6.07) is -0.772. The highest BCUT2D eigenvalue weighted by molar-refractivity contribution is 5.86. The first-order valence-electron chi connectivity index (χ1n) is 19.4. The summed E-state index contributed by atoms with van der Waals surface area (Å²) in [5, 5.41) is 21.9. The van der Waals surface area contributed by atoms with E-state index in [9.17, 15) is 24.6 Å². The molecule has 9 nitrogen and oxygen atoms in total. The molecule has 4 aliphatic rings. The molecule has 0 aromatic carbocycles. The topological polar surface area (TPSA) is 123 Å². The Labute approximate surface area is 300 Å². The van der Waals surface area contributed by atoms with Crippen molar-refractivity contribution in [3.63, 3.8) is 0 Å². The third-order valence-electron chi connectivity index (χ3n) is 12.0. The summed E-state index contributed by atoms with van der Waals surface area (Å²) in [6.45, 7) is 10.5. The number of carbonyl (C=O) groups excluding carboxylic acids is 3. The smallest absolute Gasteiger partial charge is 0.329 e. The van der Waals surface area contributed by atoms with E-state index in [4.69, 9.17) is 14.2 Å². The molecule has 4 rings (SSSR count). The largest absolute Gasteiger partial charge is 0.460 e. The van der Waals surface area contributed by atoms with Crippen molar-refractivity contribution in [1.82, 2.24) is 4.90 Å². The van der Waals surface area contributed by atoms with E-state index in [1.54, 1.807) is 12.0 Å². The van der Waals surface area contributed by atoms with Gasteiger partial charge in [0.05, 0.1) is 24.7 Å². The molecular weight excluding hydrogens is 634 g/mol. The first kappa shape index (κ1) is 40.4. The van der Waals surface area contributed by atoms with Gasteiger partial charge in [-0.15, -0.1) is 0 Å². The van der Waals surface area contributed by atoms with Crippen molar-refractivity contribution in [2.45, 2.75) is 161 Å². The fraction of sp³-hybridized carbons (Fsp3) is 0.780. The predicted molar refractivity (Wildman–Crippen MR) is 194 cm³/mol. The molecule has 1 unspecified atom stereocenters. The van der Waals surface area contributed by atoms with Gasteiger partial charge >= 0.3 is 5.97 Å². The number of rotatable bonds is 4. The molecule has 9 atom stereocenters. The van der Waals surface area contributed by atoms with Crippen LogP contribution < -0.4 is 0 Å². The third kappa shape index (κ3) is 11.3. The minimum Gasteiger partial charge on any atom is -0.460 e. The number of piperidine rings is 1. The number of ether oxygens (including phenoxy) is 3. The van der Waals surface area contributed by atoms with E-state index in [0.717, 1.165) is 56.9 Å². The summed E-state index contributed by atoms with van der Waals surface area (Å²) >= 11 is 0. The van der Waals surface area contributed by atoms with Gasteiger partial charge in [0, 0.05) is 38.3 Å². The number of Topliss-reactive ketones (excluding diaryl/α,β-unsaturated/α-hetero) is 1. The zero-order valence-corrected chi connectivity index (χ0v) is 31.6. The lowest BCUT2D eigenvalue weighted by Gasteiger charge is -2.44. The van der Waals surface area contributed by atoms with Crippen LogP contribution in [0.15, 0.2) is 36.0 Å². The molecular formula is C41H65NO8. The molecule has 0 aromatic heterocycles. The maximum Gasteiger partial charge on any atom is 0.329 e. The van der Waals surface area contributed by atoms with Gasteiger partial charge in [0.25, 0.3) is 0 Å². The minimum absolute atomic E-state index is 0.0541. The highest BCUT2D eigenvalue weighted by Gasteiger charge is 2.46. The molecule has 0 radical (unpaired) electrons. The van der Waals surface area contributed by atoms with Crippen LogP contribution in [0, 0.1) is 29.6 Å². The summed E-state index contributed by atoms with van der Waals surface area (Å²) in [4.78, 5) is 43.3. The monoisotopic (exact) mass is 699 g/mol. The van der Waals surface area contributed by atoms with Crippen LogP contribution in [0.3, 0.4) is 0 Å². The van der Waals surface area contributed by atoms with Crippen molar-refractivity contribution in [3.05, 3.63) is 36.0 Å². The number of fused-ring (bicyclic) bond motifs is 3. The van der Waals surface area contributed by atoms with Gasteiger partial charge in [0.15, 0.2) is 5.79 Å². The van der Waals surface area contributed by atoms with Crippen molar-refractivity contribution in [3.8, 4) is 0 Å². The lowest BCUT2D eigenvalue weighted by atomic mass is 9.79. The quantitative estimate of drug-likeness (QED) is 0.306. The van der Waals surface area contributed by atoms with Crippen molar-refractivity contribution in [2.75, 3.05) is 13.7 Å². The number of carbonyl (C=O) groups is 3. The predicted octanol–water partition coefficient (Wildman–Crippen LogP) is 6.85.